The van der Waals surface area contributed by atoms with Gasteiger partial charge in [-0.1, -0.05) is 18.3 Å². The van der Waals surface area contributed by atoms with Crippen LogP contribution in [0.2, 0.25) is 0 Å². The fourth-order valence-electron chi connectivity index (χ4n) is 1.92. The lowest BCUT2D eigenvalue weighted by atomic mass is 10.2. The normalized spacial score (nSPS) is 10.7. The lowest BCUT2D eigenvalue weighted by Gasteiger charge is -1.98. The van der Waals surface area contributed by atoms with Crippen molar-refractivity contribution in [1.82, 2.24) is 15.2 Å². The molecule has 8 heteroatoms. The number of hydrogen-bond acceptors (Lipinski definition) is 6. The molecule has 0 aliphatic carbocycles. The molecule has 2 heterocycles. The molecule has 2 aromatic heterocycles. The van der Waals surface area contributed by atoms with E-state index in [1.165, 1.54) is 34.8 Å². The number of carbonyl (C=O) groups is 1. The van der Waals surface area contributed by atoms with Crippen molar-refractivity contribution < 1.29 is 9.18 Å². The van der Waals surface area contributed by atoms with Crippen LogP contribution in [0.25, 0.3) is 10.6 Å². The van der Waals surface area contributed by atoms with Crippen LogP contribution in [-0.2, 0) is 6.42 Å². The third kappa shape index (κ3) is 3.43. The highest BCUT2D eigenvalue weighted by molar-refractivity contribution is 7.17. The monoisotopic (exact) mass is 348 g/mol. The standard InChI is InChI=1S/C15H13FN4OS2/c1-3-11-19-20-15(22-11)18-13(21)12-8(2)17-14(23-12)9-4-6-10(16)7-5-9/h4-7H,3H2,1-2H3,(H,18,20,21). The molecule has 5 nitrogen and oxygen atoms in total. The number of thiazole rings is 1. The second kappa shape index (κ2) is 6.51. The van der Waals surface area contributed by atoms with E-state index in [-0.39, 0.29) is 11.7 Å². The third-order valence-electron chi connectivity index (χ3n) is 3.08. The van der Waals surface area contributed by atoms with Gasteiger partial charge in [-0.15, -0.1) is 21.5 Å². The van der Waals surface area contributed by atoms with E-state index in [4.69, 9.17) is 0 Å². The summed E-state index contributed by atoms with van der Waals surface area (Å²) in [6.07, 6.45) is 0.780. The Labute approximate surface area is 140 Å². The minimum absolute atomic E-state index is 0.257. The number of nitrogens with one attached hydrogen (secondary N) is 1. The molecule has 3 aromatic rings. The minimum atomic E-state index is -0.303. The van der Waals surface area contributed by atoms with E-state index in [2.05, 4.69) is 20.5 Å². The second-order valence-corrected chi connectivity index (χ2v) is 6.81. The summed E-state index contributed by atoms with van der Waals surface area (Å²) >= 11 is 2.62. The number of halogens is 1. The van der Waals surface area contributed by atoms with Crippen LogP contribution in [0.4, 0.5) is 9.52 Å². The number of anilines is 1. The van der Waals surface area contributed by atoms with Crippen molar-refractivity contribution in [3.63, 3.8) is 0 Å². The largest absolute Gasteiger partial charge is 0.296 e. The quantitative estimate of drug-likeness (QED) is 0.776. The Kier molecular flexibility index (Phi) is 4.44. The van der Waals surface area contributed by atoms with Crippen molar-refractivity contribution in [2.45, 2.75) is 20.3 Å². The van der Waals surface area contributed by atoms with Crippen LogP contribution in [0.1, 0.15) is 27.3 Å². The van der Waals surface area contributed by atoms with Crippen LogP contribution >= 0.6 is 22.7 Å². The molecule has 0 aliphatic rings. The molecule has 0 fully saturated rings. The molecule has 1 aromatic carbocycles. The number of aromatic nitrogens is 3. The average Bonchev–Trinajstić information content (AvgIpc) is 3.14. The molecule has 1 amide bonds. The van der Waals surface area contributed by atoms with Gasteiger partial charge in [0.2, 0.25) is 5.13 Å². The van der Waals surface area contributed by atoms with Crippen LogP contribution < -0.4 is 5.32 Å². The predicted molar refractivity (Wildman–Crippen MR) is 89.5 cm³/mol. The molecular formula is C15H13FN4OS2. The number of amides is 1. The average molecular weight is 348 g/mol. The molecular weight excluding hydrogens is 335 g/mol. The molecule has 0 saturated carbocycles. The summed E-state index contributed by atoms with van der Waals surface area (Å²) in [5.41, 5.74) is 1.41. The number of carbonyl (C=O) groups excluding carboxylic acids is 1. The SMILES string of the molecule is CCc1nnc(NC(=O)c2sc(-c3ccc(F)cc3)nc2C)s1. The van der Waals surface area contributed by atoms with Gasteiger partial charge < -0.3 is 0 Å². The van der Waals surface area contributed by atoms with Crippen LogP contribution in [-0.4, -0.2) is 21.1 Å². The van der Waals surface area contributed by atoms with E-state index in [9.17, 15) is 9.18 Å². The lowest BCUT2D eigenvalue weighted by molar-refractivity contribution is 0.102. The number of hydrogen-bond donors (Lipinski definition) is 1. The van der Waals surface area contributed by atoms with Crippen molar-refractivity contribution in [3.05, 3.63) is 45.7 Å². The van der Waals surface area contributed by atoms with Crippen LogP contribution in [0.5, 0.6) is 0 Å². The lowest BCUT2D eigenvalue weighted by Crippen LogP contribution is -2.11. The number of benzene rings is 1. The van der Waals surface area contributed by atoms with Gasteiger partial charge in [-0.3, -0.25) is 10.1 Å². The molecule has 0 saturated heterocycles. The summed E-state index contributed by atoms with van der Waals surface area (Å²) in [4.78, 5) is 17.3. The Hall–Kier alpha value is -2.19. The summed E-state index contributed by atoms with van der Waals surface area (Å²) in [7, 11) is 0. The van der Waals surface area contributed by atoms with Gasteiger partial charge in [0.25, 0.3) is 5.91 Å². The molecule has 0 aliphatic heterocycles. The van der Waals surface area contributed by atoms with Gasteiger partial charge in [0.1, 0.15) is 20.7 Å². The highest BCUT2D eigenvalue weighted by Gasteiger charge is 2.17. The van der Waals surface area contributed by atoms with Crippen LogP contribution in [0.15, 0.2) is 24.3 Å². The van der Waals surface area contributed by atoms with Crippen molar-refractivity contribution >= 4 is 33.7 Å². The molecule has 0 spiro atoms. The Morgan fingerprint density at radius 2 is 1.96 bits per heavy atom. The second-order valence-electron chi connectivity index (χ2n) is 4.75. The first-order chi connectivity index (χ1) is 11.1. The Morgan fingerprint density at radius 3 is 2.61 bits per heavy atom. The zero-order valence-corrected chi connectivity index (χ0v) is 14.1. The summed E-state index contributed by atoms with van der Waals surface area (Å²) in [6.45, 7) is 3.75. The fraction of sp³-hybridized carbons (Fsp3) is 0.200. The van der Waals surface area contributed by atoms with Gasteiger partial charge >= 0.3 is 0 Å². The maximum absolute atomic E-state index is 13.0. The Morgan fingerprint density at radius 1 is 1.22 bits per heavy atom. The zero-order chi connectivity index (χ0) is 16.4. The van der Waals surface area contributed by atoms with Gasteiger partial charge in [0.05, 0.1) is 5.69 Å². The first-order valence-corrected chi connectivity index (χ1v) is 8.57. The molecule has 0 unspecified atom stereocenters. The van der Waals surface area contributed by atoms with E-state index >= 15 is 0 Å². The van der Waals surface area contributed by atoms with Gasteiger partial charge in [0, 0.05) is 5.56 Å². The van der Waals surface area contributed by atoms with E-state index in [0.717, 1.165) is 17.0 Å². The maximum Gasteiger partial charge on any atom is 0.269 e. The highest BCUT2D eigenvalue weighted by atomic mass is 32.1. The van der Waals surface area contributed by atoms with Crippen LogP contribution in [0.3, 0.4) is 0 Å². The van der Waals surface area contributed by atoms with Crippen LogP contribution in [0, 0.1) is 12.7 Å². The molecule has 0 atom stereocenters. The number of rotatable bonds is 4. The summed E-state index contributed by atoms with van der Waals surface area (Å²) in [6, 6.07) is 6.04. The summed E-state index contributed by atoms with van der Waals surface area (Å²) < 4.78 is 13.0. The van der Waals surface area contributed by atoms with Crippen molar-refractivity contribution in [2.24, 2.45) is 0 Å². The molecule has 1 N–H and O–H groups in total. The number of aryl methyl sites for hydroxylation is 2. The smallest absolute Gasteiger partial charge is 0.269 e. The summed E-state index contributed by atoms with van der Waals surface area (Å²) in [5.74, 6) is -0.560. The van der Waals surface area contributed by atoms with E-state index in [1.54, 1.807) is 19.1 Å². The number of nitrogens with zero attached hydrogens (tertiary/aromatic N) is 3. The fourth-order valence-corrected chi connectivity index (χ4v) is 3.57. The zero-order valence-electron chi connectivity index (χ0n) is 12.5. The van der Waals surface area contributed by atoms with E-state index in [0.29, 0.717) is 20.7 Å². The van der Waals surface area contributed by atoms with Gasteiger partial charge in [-0.2, -0.15) is 0 Å². The minimum Gasteiger partial charge on any atom is -0.296 e. The molecule has 0 bridgehead atoms. The first kappa shape index (κ1) is 15.7. The third-order valence-corrected chi connectivity index (χ3v) is 5.27. The Balaban J connectivity index is 1.82. The molecule has 118 valence electrons. The van der Waals surface area contributed by atoms with Crippen molar-refractivity contribution in [1.29, 1.82) is 0 Å². The Bertz CT molecular complexity index is 842. The molecule has 23 heavy (non-hydrogen) atoms. The predicted octanol–water partition coefficient (Wildman–Crippen LogP) is 3.92. The summed E-state index contributed by atoms with van der Waals surface area (Å²) in [5, 5.41) is 12.7. The molecule has 0 radical (unpaired) electrons. The molecule has 3 rings (SSSR count). The van der Waals surface area contributed by atoms with Gasteiger partial charge in [0.15, 0.2) is 0 Å². The van der Waals surface area contributed by atoms with Gasteiger partial charge in [-0.05, 0) is 37.6 Å². The topological polar surface area (TPSA) is 67.8 Å². The highest BCUT2D eigenvalue weighted by Crippen LogP contribution is 2.29. The van der Waals surface area contributed by atoms with E-state index < -0.39 is 0 Å². The first-order valence-electron chi connectivity index (χ1n) is 6.94. The van der Waals surface area contributed by atoms with Gasteiger partial charge in [-0.25, -0.2) is 9.37 Å². The maximum atomic E-state index is 13.0. The van der Waals surface area contributed by atoms with Crippen molar-refractivity contribution in [3.8, 4) is 10.6 Å². The van der Waals surface area contributed by atoms with Crippen molar-refractivity contribution in [2.75, 3.05) is 5.32 Å². The van der Waals surface area contributed by atoms with E-state index in [1.807, 2.05) is 6.92 Å².